The molecule has 0 fully saturated rings. The molecule has 0 atom stereocenters. The zero-order valence-corrected chi connectivity index (χ0v) is 19.6. The number of benzene rings is 2. The highest BCUT2D eigenvalue weighted by atomic mass is 35.5. The number of aliphatic carboxylic acids is 1. The average Bonchev–Trinajstić information content (AvgIpc) is 2.83. The molecule has 0 unspecified atom stereocenters. The molecule has 0 saturated heterocycles. The second-order valence-corrected chi connectivity index (χ2v) is 7.64. The molecule has 0 radical (unpaired) electrons. The van der Waals surface area contributed by atoms with Crippen LogP contribution in [0, 0.1) is 5.41 Å². The molecule has 10 nitrogen and oxygen atoms in total. The summed E-state index contributed by atoms with van der Waals surface area (Å²) in [7, 11) is 0. The first kappa shape index (κ1) is 25.3. The minimum absolute atomic E-state index is 0.0755. The summed E-state index contributed by atoms with van der Waals surface area (Å²) in [4.78, 5) is 28.2. The van der Waals surface area contributed by atoms with E-state index in [1.54, 1.807) is 42.5 Å². The lowest BCUT2D eigenvalue weighted by Gasteiger charge is -2.17. The molecule has 0 aliphatic carbocycles. The number of hydrogen-bond acceptors (Lipinski definition) is 7. The summed E-state index contributed by atoms with van der Waals surface area (Å²) in [5, 5.41) is 22.6. The van der Waals surface area contributed by atoms with Crippen molar-refractivity contribution in [1.29, 1.82) is 5.41 Å². The van der Waals surface area contributed by atoms with Gasteiger partial charge in [-0.15, -0.1) is 0 Å². The van der Waals surface area contributed by atoms with Gasteiger partial charge in [0.25, 0.3) is 5.91 Å². The van der Waals surface area contributed by atoms with Crippen molar-refractivity contribution in [3.8, 4) is 11.5 Å². The highest BCUT2D eigenvalue weighted by Crippen LogP contribution is 2.32. The molecule has 2 aromatic carbocycles. The molecule has 35 heavy (non-hydrogen) atoms. The number of carbonyl (C=O) groups is 2. The van der Waals surface area contributed by atoms with Crippen LogP contribution in [-0.4, -0.2) is 41.0 Å². The minimum atomic E-state index is -1.12. The Labute approximate surface area is 206 Å². The maximum Gasteiger partial charge on any atom is 0.341 e. The molecule has 0 saturated carbocycles. The molecule has 1 heterocycles. The molecule has 0 bridgehead atoms. The number of nitrogens with zero attached hydrogens (tertiary/aromatic N) is 1. The van der Waals surface area contributed by atoms with Crippen LogP contribution >= 0.6 is 11.6 Å². The maximum atomic E-state index is 13.0. The number of carbonyl (C=O) groups excluding carboxylic acids is 1. The van der Waals surface area contributed by atoms with Gasteiger partial charge in [-0.3, -0.25) is 10.2 Å². The fourth-order valence-corrected chi connectivity index (χ4v) is 3.29. The van der Waals surface area contributed by atoms with Crippen molar-refractivity contribution in [1.82, 2.24) is 4.98 Å². The number of amidine groups is 1. The lowest BCUT2D eigenvalue weighted by atomic mass is 10.1. The zero-order valence-electron chi connectivity index (χ0n) is 18.8. The largest absolute Gasteiger partial charge is 0.490 e. The highest BCUT2D eigenvalue weighted by molar-refractivity contribution is 6.31. The molecule has 6 N–H and O–H groups in total. The van der Waals surface area contributed by atoms with E-state index in [1.807, 2.05) is 6.92 Å². The van der Waals surface area contributed by atoms with Gasteiger partial charge in [-0.1, -0.05) is 23.7 Å². The van der Waals surface area contributed by atoms with Crippen molar-refractivity contribution >= 4 is 40.8 Å². The van der Waals surface area contributed by atoms with Gasteiger partial charge in [0.05, 0.1) is 17.2 Å². The van der Waals surface area contributed by atoms with Gasteiger partial charge in [0, 0.05) is 29.6 Å². The van der Waals surface area contributed by atoms with Crippen LogP contribution in [0.1, 0.15) is 28.4 Å². The van der Waals surface area contributed by atoms with Gasteiger partial charge in [-0.2, -0.15) is 0 Å². The van der Waals surface area contributed by atoms with E-state index >= 15 is 0 Å². The Morgan fingerprint density at radius 1 is 1.17 bits per heavy atom. The Bertz CT molecular complexity index is 1230. The van der Waals surface area contributed by atoms with Crippen LogP contribution in [0.25, 0.3) is 0 Å². The number of hydrogen-bond donors (Lipinski definition) is 5. The predicted molar refractivity (Wildman–Crippen MR) is 133 cm³/mol. The van der Waals surface area contributed by atoms with E-state index in [4.69, 9.17) is 37.3 Å². The van der Waals surface area contributed by atoms with Crippen LogP contribution < -0.4 is 25.8 Å². The SMILES string of the molecule is CCOc1cccc(CNc2ncc(Cl)cc2C(=O)Nc2ccc(C(=N)N)cc2)c1OCC(=O)O. The monoisotopic (exact) mass is 497 g/mol. The van der Waals surface area contributed by atoms with Crippen molar-refractivity contribution in [2.45, 2.75) is 13.5 Å². The van der Waals surface area contributed by atoms with Gasteiger partial charge in [0.15, 0.2) is 18.1 Å². The summed E-state index contributed by atoms with van der Waals surface area (Å²) in [6.07, 6.45) is 1.40. The van der Waals surface area contributed by atoms with Crippen molar-refractivity contribution in [3.63, 3.8) is 0 Å². The second-order valence-electron chi connectivity index (χ2n) is 7.21. The number of rotatable bonds is 11. The maximum absolute atomic E-state index is 13.0. The summed E-state index contributed by atoms with van der Waals surface area (Å²) in [6.45, 7) is 1.81. The lowest BCUT2D eigenvalue weighted by molar-refractivity contribution is -0.139. The fourth-order valence-electron chi connectivity index (χ4n) is 3.13. The number of para-hydroxylation sites is 1. The first-order chi connectivity index (χ1) is 16.8. The van der Waals surface area contributed by atoms with Crippen LogP contribution in [0.3, 0.4) is 0 Å². The van der Waals surface area contributed by atoms with Crippen LogP contribution in [0.4, 0.5) is 11.5 Å². The van der Waals surface area contributed by atoms with Crippen LogP contribution in [0.15, 0.2) is 54.7 Å². The number of carboxylic acid groups (broad SMARTS) is 1. The standard InChI is InChI=1S/C24H24ClN5O5/c1-2-34-19-5-3-4-15(21(19)35-13-20(31)32)11-28-23-18(10-16(25)12-29-23)24(33)30-17-8-6-14(7-9-17)22(26)27/h3-10,12H,2,11,13H2,1H3,(H3,26,27)(H,28,29)(H,30,33)(H,31,32). The normalized spacial score (nSPS) is 10.3. The smallest absolute Gasteiger partial charge is 0.341 e. The average molecular weight is 498 g/mol. The van der Waals surface area contributed by atoms with E-state index in [0.29, 0.717) is 29.2 Å². The number of halogens is 1. The van der Waals surface area contributed by atoms with Crippen molar-refractivity contribution in [2.24, 2.45) is 5.73 Å². The molecular formula is C24H24ClN5O5. The summed E-state index contributed by atoms with van der Waals surface area (Å²) in [6, 6.07) is 13.2. The number of anilines is 2. The van der Waals surface area contributed by atoms with Crippen LogP contribution in [0.5, 0.6) is 11.5 Å². The van der Waals surface area contributed by atoms with E-state index in [-0.39, 0.29) is 34.5 Å². The summed E-state index contributed by atoms with van der Waals surface area (Å²) in [5.74, 6) is -0.695. The van der Waals surface area contributed by atoms with Gasteiger partial charge in [-0.05, 0) is 43.3 Å². The van der Waals surface area contributed by atoms with Gasteiger partial charge in [0.2, 0.25) is 0 Å². The number of ether oxygens (including phenoxy) is 2. The van der Waals surface area contributed by atoms with Gasteiger partial charge < -0.3 is 30.9 Å². The Morgan fingerprint density at radius 3 is 2.57 bits per heavy atom. The van der Waals surface area contributed by atoms with E-state index in [9.17, 15) is 9.59 Å². The number of aromatic nitrogens is 1. The zero-order chi connectivity index (χ0) is 25.4. The molecule has 3 aromatic rings. The van der Waals surface area contributed by atoms with Crippen molar-refractivity contribution in [3.05, 3.63) is 76.4 Å². The first-order valence-electron chi connectivity index (χ1n) is 10.5. The lowest BCUT2D eigenvalue weighted by Crippen LogP contribution is -2.17. The number of nitrogen functional groups attached to an aromatic ring is 1. The van der Waals surface area contributed by atoms with E-state index in [0.717, 1.165) is 0 Å². The van der Waals surface area contributed by atoms with Gasteiger partial charge >= 0.3 is 5.97 Å². The Balaban J connectivity index is 1.82. The quantitative estimate of drug-likeness (QED) is 0.198. The topological polar surface area (TPSA) is 160 Å². The number of nitrogens with two attached hydrogens (primary N) is 1. The third-order valence-electron chi connectivity index (χ3n) is 4.70. The number of amides is 1. The number of pyridine rings is 1. The van der Waals surface area contributed by atoms with Crippen molar-refractivity contribution < 1.29 is 24.2 Å². The Morgan fingerprint density at radius 2 is 1.91 bits per heavy atom. The van der Waals surface area contributed by atoms with Crippen molar-refractivity contribution in [2.75, 3.05) is 23.8 Å². The van der Waals surface area contributed by atoms with Crippen LogP contribution in [-0.2, 0) is 11.3 Å². The molecule has 0 spiro atoms. The Kier molecular flexibility index (Phi) is 8.47. The van der Waals surface area contributed by atoms with Gasteiger partial charge in [0.1, 0.15) is 11.7 Å². The molecule has 3 rings (SSSR count). The van der Waals surface area contributed by atoms with E-state index in [2.05, 4.69) is 15.6 Å². The van der Waals surface area contributed by atoms with Gasteiger partial charge in [-0.25, -0.2) is 9.78 Å². The summed E-state index contributed by atoms with van der Waals surface area (Å²) in [5.41, 5.74) is 7.30. The van der Waals surface area contributed by atoms with E-state index < -0.39 is 18.5 Å². The fraction of sp³-hybridized carbons (Fsp3) is 0.167. The number of carboxylic acids is 1. The highest BCUT2D eigenvalue weighted by Gasteiger charge is 2.17. The third-order valence-corrected chi connectivity index (χ3v) is 4.91. The predicted octanol–water partition coefficient (Wildman–Crippen LogP) is 3.75. The summed E-state index contributed by atoms with van der Waals surface area (Å²) >= 11 is 6.09. The van der Waals surface area contributed by atoms with Crippen LogP contribution in [0.2, 0.25) is 5.02 Å². The first-order valence-corrected chi connectivity index (χ1v) is 10.9. The molecular weight excluding hydrogens is 474 g/mol. The minimum Gasteiger partial charge on any atom is -0.490 e. The number of nitrogens with one attached hydrogen (secondary N) is 3. The van der Waals surface area contributed by atoms with E-state index in [1.165, 1.54) is 12.3 Å². The molecule has 0 aliphatic heterocycles. The second kappa shape index (κ2) is 11.7. The molecule has 182 valence electrons. The molecule has 1 amide bonds. The molecule has 1 aromatic heterocycles. The molecule has 11 heteroatoms. The Hall–Kier alpha value is -4.31. The summed E-state index contributed by atoms with van der Waals surface area (Å²) < 4.78 is 11.0. The molecule has 0 aliphatic rings. The third kappa shape index (κ3) is 6.84.